The van der Waals surface area contributed by atoms with Crippen molar-refractivity contribution in [2.75, 3.05) is 0 Å². The zero-order valence-corrected chi connectivity index (χ0v) is 10.6. The summed E-state index contributed by atoms with van der Waals surface area (Å²) in [6.07, 6.45) is 4.78. The molecule has 1 aliphatic carbocycles. The molecule has 1 heterocycles. The first-order valence-electron chi connectivity index (χ1n) is 6.51. The number of aryl methyl sites for hydroxylation is 1. The predicted octanol–water partition coefficient (Wildman–Crippen LogP) is 3.36. The number of hydrogen-bond donors (Lipinski definition) is 0. The lowest BCUT2D eigenvalue weighted by atomic mass is 9.96. The van der Waals surface area contributed by atoms with Crippen molar-refractivity contribution in [2.45, 2.75) is 32.7 Å². The average Bonchev–Trinajstić information content (AvgIpc) is 2.77. The van der Waals surface area contributed by atoms with Crippen LogP contribution in [0.5, 0.6) is 0 Å². The summed E-state index contributed by atoms with van der Waals surface area (Å²) in [5.41, 5.74) is 4.79. The Hall–Kier alpha value is -1.83. The molecule has 0 bridgehead atoms. The van der Waals surface area contributed by atoms with E-state index in [1.54, 1.807) is 0 Å². The molecule has 0 unspecified atom stereocenters. The number of ketones is 1. The highest BCUT2D eigenvalue weighted by molar-refractivity contribution is 5.98. The second-order valence-electron chi connectivity index (χ2n) is 5.01. The lowest BCUT2D eigenvalue weighted by Gasteiger charge is -2.15. The molecule has 1 aromatic carbocycles. The van der Waals surface area contributed by atoms with E-state index in [-0.39, 0.29) is 0 Å². The quantitative estimate of drug-likeness (QED) is 0.787. The summed E-state index contributed by atoms with van der Waals surface area (Å²) >= 11 is 0. The molecule has 3 rings (SSSR count). The Labute approximate surface area is 107 Å². The van der Waals surface area contributed by atoms with Gasteiger partial charge in [0.1, 0.15) is 0 Å². The van der Waals surface area contributed by atoms with Crippen LogP contribution in [-0.4, -0.2) is 10.4 Å². The van der Waals surface area contributed by atoms with Crippen molar-refractivity contribution in [2.24, 2.45) is 0 Å². The van der Waals surface area contributed by atoms with Gasteiger partial charge in [-0.15, -0.1) is 0 Å². The number of aromatic nitrogens is 1. The number of benzene rings is 1. The summed E-state index contributed by atoms with van der Waals surface area (Å²) in [5.74, 6) is 0.305. The molecule has 1 aliphatic rings. The normalized spacial score (nSPS) is 14.6. The molecule has 0 N–H and O–H groups in total. The summed E-state index contributed by atoms with van der Waals surface area (Å²) in [7, 11) is 0. The molecule has 18 heavy (non-hydrogen) atoms. The van der Waals surface area contributed by atoms with Gasteiger partial charge < -0.3 is 4.57 Å². The van der Waals surface area contributed by atoms with Gasteiger partial charge in [0.05, 0.1) is 0 Å². The Balaban J connectivity index is 1.95. The maximum atomic E-state index is 11.8. The monoisotopic (exact) mass is 239 g/mol. The van der Waals surface area contributed by atoms with E-state index in [0.29, 0.717) is 12.2 Å². The minimum atomic E-state index is 0.305. The molecule has 0 amide bonds. The summed E-state index contributed by atoms with van der Waals surface area (Å²) in [4.78, 5) is 11.8. The Morgan fingerprint density at radius 1 is 1.17 bits per heavy atom. The first-order valence-corrected chi connectivity index (χ1v) is 6.51. The number of nitrogens with zero attached hydrogens (tertiary/aromatic N) is 1. The maximum Gasteiger partial charge on any atom is 0.164 e. The zero-order valence-electron chi connectivity index (χ0n) is 10.6. The van der Waals surface area contributed by atoms with Crippen LogP contribution >= 0.6 is 0 Å². The largest absolute Gasteiger partial charge is 0.346 e. The molecule has 1 aromatic heterocycles. The molecule has 0 saturated heterocycles. The number of carbonyl (C=O) groups is 1. The average molecular weight is 239 g/mol. The van der Waals surface area contributed by atoms with Crippen LogP contribution in [0.2, 0.25) is 0 Å². The topological polar surface area (TPSA) is 22.0 Å². The van der Waals surface area contributed by atoms with Crippen LogP contribution < -0.4 is 0 Å². The van der Waals surface area contributed by atoms with Gasteiger partial charge in [0, 0.05) is 30.4 Å². The first kappa shape index (κ1) is 11.3. The SMILES string of the molecule is Cc1ccccc1Cn1ccc2c1CCCC2=O. The zero-order chi connectivity index (χ0) is 12.5. The van der Waals surface area contributed by atoms with Gasteiger partial charge in [0.2, 0.25) is 0 Å². The maximum absolute atomic E-state index is 11.8. The molecular weight excluding hydrogens is 222 g/mol. The molecule has 0 fully saturated rings. The highest BCUT2D eigenvalue weighted by Gasteiger charge is 2.20. The summed E-state index contributed by atoms with van der Waals surface area (Å²) < 4.78 is 2.23. The van der Waals surface area contributed by atoms with Gasteiger partial charge in [-0.3, -0.25) is 4.79 Å². The number of rotatable bonds is 2. The highest BCUT2D eigenvalue weighted by Crippen LogP contribution is 2.23. The molecule has 0 atom stereocenters. The fourth-order valence-electron chi connectivity index (χ4n) is 2.71. The van der Waals surface area contributed by atoms with E-state index in [1.807, 2.05) is 6.07 Å². The number of fused-ring (bicyclic) bond motifs is 1. The molecule has 2 nitrogen and oxygen atoms in total. The van der Waals surface area contributed by atoms with E-state index >= 15 is 0 Å². The highest BCUT2D eigenvalue weighted by atomic mass is 16.1. The Morgan fingerprint density at radius 3 is 2.83 bits per heavy atom. The molecule has 0 spiro atoms. The van der Waals surface area contributed by atoms with E-state index < -0.39 is 0 Å². The van der Waals surface area contributed by atoms with Gasteiger partial charge in [-0.1, -0.05) is 24.3 Å². The molecule has 2 heteroatoms. The summed E-state index contributed by atoms with van der Waals surface area (Å²) in [5, 5.41) is 0. The van der Waals surface area contributed by atoms with Crippen LogP contribution in [0.4, 0.5) is 0 Å². The van der Waals surface area contributed by atoms with Gasteiger partial charge in [-0.25, -0.2) is 0 Å². The van der Waals surface area contributed by atoms with Gasteiger partial charge in [-0.2, -0.15) is 0 Å². The Bertz CT molecular complexity index is 595. The van der Waals surface area contributed by atoms with Gasteiger partial charge in [0.15, 0.2) is 5.78 Å². The molecule has 92 valence electrons. The van der Waals surface area contributed by atoms with Crippen LogP contribution in [0.1, 0.15) is 40.0 Å². The summed E-state index contributed by atoms with van der Waals surface area (Å²) in [6.45, 7) is 3.01. The standard InChI is InChI=1S/C16H17NO/c1-12-5-2-3-6-13(12)11-17-10-9-14-15(17)7-4-8-16(14)18/h2-3,5-6,9-10H,4,7-8,11H2,1H3. The van der Waals surface area contributed by atoms with Crippen molar-refractivity contribution in [3.63, 3.8) is 0 Å². The van der Waals surface area contributed by atoms with Crippen molar-refractivity contribution >= 4 is 5.78 Å². The molecule has 2 aromatic rings. The predicted molar refractivity (Wildman–Crippen MR) is 72.0 cm³/mol. The van der Waals surface area contributed by atoms with E-state index in [1.165, 1.54) is 16.8 Å². The van der Waals surface area contributed by atoms with E-state index in [2.05, 4.69) is 42.0 Å². The molecule has 0 aliphatic heterocycles. The fraction of sp³-hybridized carbons (Fsp3) is 0.312. The third-order valence-corrected chi connectivity index (χ3v) is 3.80. The van der Waals surface area contributed by atoms with Crippen LogP contribution in [0.15, 0.2) is 36.5 Å². The van der Waals surface area contributed by atoms with Crippen molar-refractivity contribution < 1.29 is 4.79 Å². The van der Waals surface area contributed by atoms with Crippen molar-refractivity contribution in [3.05, 3.63) is 58.9 Å². The lowest BCUT2D eigenvalue weighted by molar-refractivity contribution is 0.0972. The van der Waals surface area contributed by atoms with Crippen LogP contribution in [0.25, 0.3) is 0 Å². The van der Waals surface area contributed by atoms with Gasteiger partial charge in [0.25, 0.3) is 0 Å². The Kier molecular flexibility index (Phi) is 2.78. The Morgan fingerprint density at radius 2 is 2.00 bits per heavy atom. The van der Waals surface area contributed by atoms with Crippen molar-refractivity contribution in [1.29, 1.82) is 0 Å². The first-order chi connectivity index (χ1) is 8.75. The third kappa shape index (κ3) is 1.88. The number of carbonyl (C=O) groups excluding carboxylic acids is 1. The van der Waals surface area contributed by atoms with E-state index in [4.69, 9.17) is 0 Å². The smallest absolute Gasteiger partial charge is 0.164 e. The third-order valence-electron chi connectivity index (χ3n) is 3.80. The second-order valence-corrected chi connectivity index (χ2v) is 5.01. The van der Waals surface area contributed by atoms with Gasteiger partial charge >= 0.3 is 0 Å². The van der Waals surface area contributed by atoms with Gasteiger partial charge in [-0.05, 0) is 37.0 Å². The summed E-state index contributed by atoms with van der Waals surface area (Å²) in [6, 6.07) is 10.4. The van der Waals surface area contributed by atoms with E-state index in [9.17, 15) is 4.79 Å². The van der Waals surface area contributed by atoms with Crippen LogP contribution in [-0.2, 0) is 13.0 Å². The van der Waals surface area contributed by atoms with Crippen LogP contribution in [0, 0.1) is 6.92 Å². The minimum absolute atomic E-state index is 0.305. The lowest BCUT2D eigenvalue weighted by Crippen LogP contribution is -2.13. The van der Waals surface area contributed by atoms with Crippen molar-refractivity contribution in [3.8, 4) is 0 Å². The molecule has 0 saturated carbocycles. The van der Waals surface area contributed by atoms with E-state index in [0.717, 1.165) is 24.9 Å². The second kappa shape index (κ2) is 4.45. The van der Waals surface area contributed by atoms with Crippen molar-refractivity contribution in [1.82, 2.24) is 4.57 Å². The molecular formula is C16H17NO. The number of hydrogen-bond acceptors (Lipinski definition) is 1. The fourth-order valence-corrected chi connectivity index (χ4v) is 2.71. The molecule has 0 radical (unpaired) electrons. The minimum Gasteiger partial charge on any atom is -0.346 e. The van der Waals surface area contributed by atoms with Crippen LogP contribution in [0.3, 0.4) is 0 Å². The number of Topliss-reactive ketones (excluding diaryl/α,β-unsaturated/α-hetero) is 1.